The molecule has 0 aliphatic heterocycles. The van der Waals surface area contributed by atoms with Gasteiger partial charge < -0.3 is 0 Å². The van der Waals surface area contributed by atoms with Crippen LogP contribution in [0.1, 0.15) is 5.56 Å². The summed E-state index contributed by atoms with van der Waals surface area (Å²) < 4.78 is 49.4. The van der Waals surface area contributed by atoms with E-state index in [-0.39, 0.29) is 6.07 Å². The molecule has 0 unspecified atom stereocenters. The zero-order chi connectivity index (χ0) is 9.30. The summed E-state index contributed by atoms with van der Waals surface area (Å²) in [7, 11) is 0. The molecular formula is C7HF4N. The first kappa shape index (κ1) is 8.53. The van der Waals surface area contributed by atoms with E-state index in [0.29, 0.717) is 0 Å². The molecule has 0 saturated heterocycles. The highest BCUT2D eigenvalue weighted by Gasteiger charge is 2.18. The van der Waals surface area contributed by atoms with E-state index in [1.165, 1.54) is 0 Å². The Kier molecular flexibility index (Phi) is 2.00. The second kappa shape index (κ2) is 2.81. The fraction of sp³-hybridized carbons (Fsp3) is 0. The monoisotopic (exact) mass is 175 g/mol. The van der Waals surface area contributed by atoms with Crippen molar-refractivity contribution in [2.45, 2.75) is 0 Å². The molecule has 0 spiro atoms. The van der Waals surface area contributed by atoms with Crippen molar-refractivity contribution in [2.24, 2.45) is 0 Å². The van der Waals surface area contributed by atoms with Crippen LogP contribution in [0, 0.1) is 34.6 Å². The molecule has 0 N–H and O–H groups in total. The second-order valence-electron chi connectivity index (χ2n) is 1.95. The largest absolute Gasteiger partial charge is 0.205 e. The molecule has 1 aromatic rings. The number of nitriles is 1. The predicted octanol–water partition coefficient (Wildman–Crippen LogP) is 2.11. The number of benzene rings is 1. The van der Waals surface area contributed by atoms with Crippen molar-refractivity contribution in [1.29, 1.82) is 5.26 Å². The van der Waals surface area contributed by atoms with Gasteiger partial charge in [-0.15, -0.1) is 0 Å². The van der Waals surface area contributed by atoms with Gasteiger partial charge in [-0.2, -0.15) is 5.26 Å². The lowest BCUT2D eigenvalue weighted by Crippen LogP contribution is -1.98. The van der Waals surface area contributed by atoms with Crippen LogP contribution in [0.4, 0.5) is 17.6 Å². The lowest BCUT2D eigenvalue weighted by molar-refractivity contribution is 0.432. The van der Waals surface area contributed by atoms with Crippen molar-refractivity contribution in [3.05, 3.63) is 34.9 Å². The number of hydrogen-bond donors (Lipinski definition) is 0. The Labute approximate surface area is 64.9 Å². The molecule has 0 radical (unpaired) electrons. The molecule has 0 bridgehead atoms. The Morgan fingerprint density at radius 3 is 2.08 bits per heavy atom. The summed E-state index contributed by atoms with van der Waals surface area (Å²) in [4.78, 5) is 0. The molecule has 12 heavy (non-hydrogen) atoms. The first-order valence-electron chi connectivity index (χ1n) is 2.81. The van der Waals surface area contributed by atoms with Crippen molar-refractivity contribution in [3.8, 4) is 6.07 Å². The van der Waals surface area contributed by atoms with Gasteiger partial charge in [0.05, 0.1) is 0 Å². The lowest BCUT2D eigenvalue weighted by Gasteiger charge is -1.97. The molecule has 0 fully saturated rings. The maximum Gasteiger partial charge on any atom is 0.195 e. The van der Waals surface area contributed by atoms with E-state index in [0.717, 1.165) is 6.07 Å². The van der Waals surface area contributed by atoms with Crippen LogP contribution in [0.25, 0.3) is 0 Å². The van der Waals surface area contributed by atoms with Gasteiger partial charge in [-0.05, 0) is 0 Å². The third kappa shape index (κ3) is 1.11. The van der Waals surface area contributed by atoms with Crippen LogP contribution in [-0.4, -0.2) is 0 Å². The van der Waals surface area contributed by atoms with E-state index in [1.54, 1.807) is 0 Å². The fourth-order valence-electron chi connectivity index (χ4n) is 0.669. The molecule has 0 heterocycles. The molecule has 0 aliphatic carbocycles. The van der Waals surface area contributed by atoms with Gasteiger partial charge in [-0.25, -0.2) is 17.6 Å². The van der Waals surface area contributed by atoms with Gasteiger partial charge in [0.15, 0.2) is 17.5 Å². The number of nitrogens with zero attached hydrogens (tertiary/aromatic N) is 1. The number of hydrogen-bond acceptors (Lipinski definition) is 1. The Morgan fingerprint density at radius 2 is 1.58 bits per heavy atom. The predicted molar refractivity (Wildman–Crippen MR) is 31.0 cm³/mol. The smallest absolute Gasteiger partial charge is 0.195 e. The normalized spacial score (nSPS) is 9.58. The zero-order valence-electron chi connectivity index (χ0n) is 5.54. The van der Waals surface area contributed by atoms with E-state index in [1.807, 2.05) is 0 Å². The van der Waals surface area contributed by atoms with E-state index < -0.39 is 28.8 Å². The van der Waals surface area contributed by atoms with Crippen LogP contribution in [0.15, 0.2) is 6.07 Å². The van der Waals surface area contributed by atoms with E-state index in [2.05, 4.69) is 0 Å². The van der Waals surface area contributed by atoms with Gasteiger partial charge in [0, 0.05) is 6.07 Å². The molecule has 1 nitrogen and oxygen atoms in total. The van der Waals surface area contributed by atoms with Gasteiger partial charge in [-0.3, -0.25) is 0 Å². The van der Waals surface area contributed by atoms with Crippen LogP contribution < -0.4 is 0 Å². The summed E-state index contributed by atoms with van der Waals surface area (Å²) >= 11 is 0. The van der Waals surface area contributed by atoms with Crippen LogP contribution >= 0.6 is 0 Å². The minimum Gasteiger partial charge on any atom is -0.205 e. The highest BCUT2D eigenvalue weighted by Crippen LogP contribution is 2.17. The summed E-state index contributed by atoms with van der Waals surface area (Å²) in [5.41, 5.74) is -1.12. The van der Waals surface area contributed by atoms with Gasteiger partial charge in [0.2, 0.25) is 0 Å². The zero-order valence-corrected chi connectivity index (χ0v) is 5.54. The topological polar surface area (TPSA) is 23.8 Å². The highest BCUT2D eigenvalue weighted by molar-refractivity contribution is 5.32. The molecular weight excluding hydrogens is 174 g/mol. The molecule has 0 aromatic heterocycles. The van der Waals surface area contributed by atoms with Gasteiger partial charge >= 0.3 is 0 Å². The molecule has 0 amide bonds. The minimum absolute atomic E-state index is 0.122. The molecule has 1 aromatic carbocycles. The summed E-state index contributed by atoms with van der Waals surface area (Å²) in [6, 6.07) is 1.20. The summed E-state index contributed by atoms with van der Waals surface area (Å²) in [5, 5.41) is 8.10. The average Bonchev–Trinajstić information content (AvgIpc) is 2.01. The SMILES string of the molecule is N#Cc1c(F)cc(F)c(F)c1F. The summed E-state index contributed by atoms with van der Waals surface area (Å²) in [6.07, 6.45) is 0. The van der Waals surface area contributed by atoms with Gasteiger partial charge in [0.25, 0.3) is 0 Å². The fourth-order valence-corrected chi connectivity index (χ4v) is 0.669. The Hall–Kier alpha value is -1.57. The lowest BCUT2D eigenvalue weighted by atomic mass is 10.2. The van der Waals surface area contributed by atoms with Crippen molar-refractivity contribution in [3.63, 3.8) is 0 Å². The Bertz CT molecular complexity index is 367. The van der Waals surface area contributed by atoms with Gasteiger partial charge in [0.1, 0.15) is 17.4 Å². The van der Waals surface area contributed by atoms with Crippen LogP contribution in [0.2, 0.25) is 0 Å². The first-order chi connectivity index (χ1) is 5.57. The van der Waals surface area contributed by atoms with Crippen molar-refractivity contribution >= 4 is 0 Å². The molecule has 62 valence electrons. The van der Waals surface area contributed by atoms with Crippen LogP contribution in [-0.2, 0) is 0 Å². The number of rotatable bonds is 0. The van der Waals surface area contributed by atoms with E-state index >= 15 is 0 Å². The molecule has 0 atom stereocenters. The Balaban J connectivity index is 3.54. The summed E-state index contributed by atoms with van der Waals surface area (Å²) in [6.45, 7) is 0. The quantitative estimate of drug-likeness (QED) is 0.336. The third-order valence-corrected chi connectivity index (χ3v) is 1.23. The summed E-state index contributed by atoms with van der Waals surface area (Å²) in [5.74, 6) is -6.69. The average molecular weight is 175 g/mol. The molecule has 0 saturated carbocycles. The van der Waals surface area contributed by atoms with E-state index in [4.69, 9.17) is 5.26 Å². The maximum atomic E-state index is 12.4. The van der Waals surface area contributed by atoms with Crippen LogP contribution in [0.3, 0.4) is 0 Å². The Morgan fingerprint density at radius 1 is 1.00 bits per heavy atom. The van der Waals surface area contributed by atoms with Crippen molar-refractivity contribution in [1.82, 2.24) is 0 Å². The minimum atomic E-state index is -1.84. The van der Waals surface area contributed by atoms with Crippen LogP contribution in [0.5, 0.6) is 0 Å². The number of halogens is 4. The maximum absolute atomic E-state index is 12.4. The second-order valence-corrected chi connectivity index (χ2v) is 1.95. The van der Waals surface area contributed by atoms with E-state index in [9.17, 15) is 17.6 Å². The molecule has 5 heteroatoms. The third-order valence-electron chi connectivity index (χ3n) is 1.23. The first-order valence-corrected chi connectivity index (χ1v) is 2.81. The molecule has 1 rings (SSSR count). The molecule has 0 aliphatic rings. The highest BCUT2D eigenvalue weighted by atomic mass is 19.2. The van der Waals surface area contributed by atoms with Crippen molar-refractivity contribution in [2.75, 3.05) is 0 Å². The van der Waals surface area contributed by atoms with Crippen molar-refractivity contribution < 1.29 is 17.6 Å². The van der Waals surface area contributed by atoms with Gasteiger partial charge in [-0.1, -0.05) is 0 Å². The standard InChI is InChI=1S/C7HF4N/c8-4-1-5(9)7(11)6(10)3(4)2-12/h1H.